The molecule has 0 radical (unpaired) electrons. The first kappa shape index (κ1) is 9.32. The van der Waals surface area contributed by atoms with Gasteiger partial charge in [0, 0.05) is 1.37 Å². The molecule has 13 heavy (non-hydrogen) atoms. The van der Waals surface area contributed by atoms with Crippen molar-refractivity contribution in [3.05, 3.63) is 0 Å². The van der Waals surface area contributed by atoms with Crippen LogP contribution in [0.25, 0.3) is 0 Å². The molecule has 1 rings (SSSR count). The Bertz CT molecular complexity index is 203. The zero-order chi connectivity index (χ0) is 10.9. The Kier molecular flexibility index (Phi) is 2.50. The van der Waals surface area contributed by atoms with Gasteiger partial charge in [0.2, 0.25) is 0 Å². The fraction of sp³-hybridized carbons (Fsp3) is 1.00. The van der Waals surface area contributed by atoms with Crippen LogP contribution in [0, 0.1) is 0 Å². The van der Waals surface area contributed by atoms with Crippen LogP contribution in [0.1, 0.15) is 8.27 Å². The van der Waals surface area contributed by atoms with Crippen molar-refractivity contribution in [3.63, 3.8) is 0 Å². The van der Waals surface area contributed by atoms with Crippen LogP contribution in [0.2, 0.25) is 0 Å². The smallest absolute Gasteiger partial charge is 0.173 e. The van der Waals surface area contributed by atoms with Crippen molar-refractivity contribution in [3.8, 4) is 0 Å². The maximum atomic E-state index is 9.78. The summed E-state index contributed by atoms with van der Waals surface area (Å²) in [7, 11) is 0. The monoisotopic (exact) mass is 194 g/mol. The Morgan fingerprint density at radius 2 is 2.23 bits per heavy atom. The second-order valence-electron chi connectivity index (χ2n) is 3.21. The standard InChI is InChI=1S/C7H15NO5/c1-7(12)3(2-9)13-6(11)4(8)5(7)10/h3-6,9-12H,2,8H2,1H3/t3-,4-,5-,6?,7+/m1/s1/i1D. The molecule has 0 aromatic heterocycles. The zero-order valence-corrected chi connectivity index (χ0v) is 7.00. The van der Waals surface area contributed by atoms with Crippen LogP contribution in [-0.4, -0.2) is 57.2 Å². The highest BCUT2D eigenvalue weighted by atomic mass is 16.6. The van der Waals surface area contributed by atoms with Crippen LogP contribution in [0.3, 0.4) is 0 Å². The van der Waals surface area contributed by atoms with E-state index in [2.05, 4.69) is 0 Å². The van der Waals surface area contributed by atoms with E-state index in [0.717, 1.165) is 0 Å². The first-order chi connectivity index (χ1) is 6.47. The van der Waals surface area contributed by atoms with Crippen molar-refractivity contribution in [2.45, 2.75) is 37.0 Å². The molecule has 6 N–H and O–H groups in total. The van der Waals surface area contributed by atoms with Gasteiger partial charge in [-0.3, -0.25) is 0 Å². The topological polar surface area (TPSA) is 116 Å². The second kappa shape index (κ2) is 3.49. The van der Waals surface area contributed by atoms with Gasteiger partial charge >= 0.3 is 0 Å². The Balaban J connectivity index is 2.89. The highest BCUT2D eigenvalue weighted by molar-refractivity contribution is 4.99. The Labute approximate surface area is 77.0 Å². The van der Waals surface area contributed by atoms with Crippen molar-refractivity contribution in [1.82, 2.24) is 0 Å². The molecule has 1 aliphatic heterocycles. The first-order valence-corrected chi connectivity index (χ1v) is 3.87. The van der Waals surface area contributed by atoms with Crippen molar-refractivity contribution >= 4 is 0 Å². The molecule has 0 aromatic carbocycles. The number of aliphatic hydroxyl groups excluding tert-OH is 3. The van der Waals surface area contributed by atoms with Gasteiger partial charge in [-0.25, -0.2) is 0 Å². The van der Waals surface area contributed by atoms with Gasteiger partial charge in [0.25, 0.3) is 0 Å². The molecule has 0 saturated carbocycles. The molecule has 6 heteroatoms. The number of ether oxygens (including phenoxy) is 1. The molecular weight excluding hydrogens is 178 g/mol. The predicted molar refractivity (Wildman–Crippen MR) is 42.6 cm³/mol. The van der Waals surface area contributed by atoms with Gasteiger partial charge in [-0.2, -0.15) is 0 Å². The van der Waals surface area contributed by atoms with E-state index < -0.39 is 43.6 Å². The number of aliphatic hydroxyl groups is 4. The van der Waals surface area contributed by atoms with Crippen LogP contribution in [0.4, 0.5) is 0 Å². The quantitative estimate of drug-likeness (QED) is 0.306. The third-order valence-corrected chi connectivity index (χ3v) is 2.23. The van der Waals surface area contributed by atoms with E-state index in [1.165, 1.54) is 0 Å². The third-order valence-electron chi connectivity index (χ3n) is 2.23. The minimum atomic E-state index is -1.94. The summed E-state index contributed by atoms with van der Waals surface area (Å²) >= 11 is 0. The van der Waals surface area contributed by atoms with Gasteiger partial charge in [-0.05, 0) is 6.90 Å². The fourth-order valence-corrected chi connectivity index (χ4v) is 1.26. The van der Waals surface area contributed by atoms with Gasteiger partial charge in [-0.15, -0.1) is 0 Å². The third kappa shape index (κ3) is 1.69. The summed E-state index contributed by atoms with van der Waals surface area (Å²) in [6, 6.07) is -1.19. The Hall–Kier alpha value is -0.240. The lowest BCUT2D eigenvalue weighted by molar-refractivity contribution is -0.283. The molecular formula is C7H15NO5. The second-order valence-corrected chi connectivity index (χ2v) is 3.21. The van der Waals surface area contributed by atoms with Crippen LogP contribution >= 0.6 is 0 Å². The molecule has 0 bridgehead atoms. The van der Waals surface area contributed by atoms with Crippen molar-refractivity contribution in [2.24, 2.45) is 5.73 Å². The SMILES string of the molecule is [2H]C[C@@]1(O)[C@H](O)[C@@H](N)C(O)O[C@@H]1CO. The summed E-state index contributed by atoms with van der Waals surface area (Å²) in [5.41, 5.74) is 3.40. The van der Waals surface area contributed by atoms with Gasteiger partial charge in [0.1, 0.15) is 17.8 Å². The fourth-order valence-electron chi connectivity index (χ4n) is 1.26. The van der Waals surface area contributed by atoms with Crippen molar-refractivity contribution in [1.29, 1.82) is 0 Å². The van der Waals surface area contributed by atoms with E-state index in [1.54, 1.807) is 0 Å². The normalized spacial score (nSPS) is 53.2. The predicted octanol–water partition coefficient (Wildman–Crippen LogP) is -2.86. The molecule has 1 heterocycles. The summed E-state index contributed by atoms with van der Waals surface area (Å²) in [5.74, 6) is 0. The summed E-state index contributed by atoms with van der Waals surface area (Å²) in [6.45, 7) is -1.17. The minimum Gasteiger partial charge on any atom is -0.394 e. The summed E-state index contributed by atoms with van der Waals surface area (Å²) in [6.07, 6.45) is -4.15. The molecule has 0 aliphatic carbocycles. The van der Waals surface area contributed by atoms with Crippen LogP contribution < -0.4 is 5.73 Å². The highest BCUT2D eigenvalue weighted by Gasteiger charge is 2.50. The van der Waals surface area contributed by atoms with E-state index in [1.807, 2.05) is 0 Å². The van der Waals surface area contributed by atoms with Gasteiger partial charge in [0.15, 0.2) is 6.29 Å². The molecule has 1 fully saturated rings. The average Bonchev–Trinajstić information content (AvgIpc) is 2.20. The highest BCUT2D eigenvalue weighted by Crippen LogP contribution is 2.27. The molecule has 0 aromatic rings. The Morgan fingerprint density at radius 3 is 2.69 bits per heavy atom. The molecule has 5 atom stereocenters. The van der Waals surface area contributed by atoms with E-state index in [-0.39, 0.29) is 0 Å². The number of nitrogens with two attached hydrogens (primary N) is 1. The molecule has 1 unspecified atom stereocenters. The van der Waals surface area contributed by atoms with Crippen LogP contribution in [0.15, 0.2) is 0 Å². The van der Waals surface area contributed by atoms with E-state index >= 15 is 0 Å². The van der Waals surface area contributed by atoms with Gasteiger partial charge in [-0.1, -0.05) is 0 Å². The largest absolute Gasteiger partial charge is 0.394 e. The summed E-state index contributed by atoms with van der Waals surface area (Å²) in [4.78, 5) is 0. The van der Waals surface area contributed by atoms with Crippen LogP contribution in [0.5, 0.6) is 0 Å². The lowest BCUT2D eigenvalue weighted by Gasteiger charge is -2.45. The molecule has 1 aliphatic rings. The first-order valence-electron chi connectivity index (χ1n) is 4.57. The number of rotatable bonds is 1. The zero-order valence-electron chi connectivity index (χ0n) is 8.00. The number of hydrogen-bond donors (Lipinski definition) is 5. The lowest BCUT2D eigenvalue weighted by Crippen LogP contribution is -2.67. The maximum Gasteiger partial charge on any atom is 0.173 e. The van der Waals surface area contributed by atoms with E-state index in [4.69, 9.17) is 16.9 Å². The average molecular weight is 194 g/mol. The maximum absolute atomic E-state index is 9.78. The Morgan fingerprint density at radius 1 is 1.62 bits per heavy atom. The van der Waals surface area contributed by atoms with Gasteiger partial charge < -0.3 is 30.9 Å². The van der Waals surface area contributed by atoms with Crippen molar-refractivity contribution < 1.29 is 26.5 Å². The molecule has 0 amide bonds. The molecule has 1 saturated heterocycles. The molecule has 78 valence electrons. The number of hydrogen-bond acceptors (Lipinski definition) is 6. The minimum absolute atomic E-state index is 0.570. The van der Waals surface area contributed by atoms with E-state index in [9.17, 15) is 15.3 Å². The van der Waals surface area contributed by atoms with Crippen molar-refractivity contribution in [2.75, 3.05) is 6.61 Å². The van der Waals surface area contributed by atoms with Gasteiger partial charge in [0.05, 0.1) is 12.6 Å². The summed E-state index contributed by atoms with van der Waals surface area (Å²) < 4.78 is 11.9. The molecule has 6 nitrogen and oxygen atoms in total. The lowest BCUT2D eigenvalue weighted by atomic mass is 9.85. The summed E-state index contributed by atoms with van der Waals surface area (Å²) in [5, 5.41) is 37.3. The van der Waals surface area contributed by atoms with E-state index in [0.29, 0.717) is 0 Å². The van der Waals surface area contributed by atoms with Crippen LogP contribution in [-0.2, 0) is 4.74 Å². The molecule has 0 spiro atoms.